The fraction of sp³-hybridized carbons (Fsp3) is 1.00. The van der Waals surface area contributed by atoms with Crippen LogP contribution >= 0.6 is 0 Å². The predicted molar refractivity (Wildman–Crippen MR) is 69.4 cm³/mol. The van der Waals surface area contributed by atoms with Crippen LogP contribution in [0.5, 0.6) is 0 Å². The lowest BCUT2D eigenvalue weighted by atomic mass is 9.88. The molecule has 0 amide bonds. The van der Waals surface area contributed by atoms with E-state index in [1.54, 1.807) is 0 Å². The largest absolute Gasteiger partial charge is 0.324 e. The van der Waals surface area contributed by atoms with Crippen molar-refractivity contribution in [3.8, 4) is 0 Å². The summed E-state index contributed by atoms with van der Waals surface area (Å²) >= 11 is 0. The van der Waals surface area contributed by atoms with E-state index in [9.17, 15) is 0 Å². The first-order chi connectivity index (χ1) is 7.58. The molecule has 2 aliphatic carbocycles. The van der Waals surface area contributed by atoms with Gasteiger partial charge in [-0.25, -0.2) is 0 Å². The first-order valence-electron chi connectivity index (χ1n) is 7.05. The Morgan fingerprint density at radius 1 is 1.12 bits per heavy atom. The number of rotatable bonds is 5. The van der Waals surface area contributed by atoms with E-state index in [0.717, 1.165) is 18.4 Å². The van der Waals surface area contributed by atoms with Crippen molar-refractivity contribution in [1.82, 2.24) is 4.90 Å². The van der Waals surface area contributed by atoms with Crippen LogP contribution < -0.4 is 5.73 Å². The molecule has 1 unspecified atom stereocenters. The van der Waals surface area contributed by atoms with E-state index in [1.807, 2.05) is 0 Å². The molecule has 0 aromatic heterocycles. The van der Waals surface area contributed by atoms with Gasteiger partial charge in [-0.2, -0.15) is 0 Å². The topological polar surface area (TPSA) is 29.3 Å². The van der Waals surface area contributed by atoms with Crippen molar-refractivity contribution in [3.05, 3.63) is 0 Å². The maximum Gasteiger partial charge on any atom is 0.0283 e. The van der Waals surface area contributed by atoms with E-state index in [4.69, 9.17) is 5.73 Å². The molecule has 2 nitrogen and oxygen atoms in total. The van der Waals surface area contributed by atoms with Crippen molar-refractivity contribution in [2.45, 2.75) is 57.4 Å². The molecule has 0 saturated heterocycles. The lowest BCUT2D eigenvalue weighted by Crippen LogP contribution is -2.49. The van der Waals surface area contributed by atoms with Gasteiger partial charge in [-0.1, -0.05) is 19.3 Å². The molecule has 2 rings (SSSR count). The van der Waals surface area contributed by atoms with Crippen LogP contribution in [-0.4, -0.2) is 30.6 Å². The summed E-state index contributed by atoms with van der Waals surface area (Å²) in [6.45, 7) is 4.58. The maximum absolute atomic E-state index is 6.39. The predicted octanol–water partition coefficient (Wildman–Crippen LogP) is 2.63. The second-order valence-corrected chi connectivity index (χ2v) is 6.48. The van der Waals surface area contributed by atoms with E-state index in [0.29, 0.717) is 0 Å². The average Bonchev–Trinajstić information content (AvgIpc) is 3.01. The van der Waals surface area contributed by atoms with Gasteiger partial charge in [-0.05, 0) is 51.5 Å². The van der Waals surface area contributed by atoms with Crippen LogP contribution in [0, 0.1) is 11.8 Å². The molecule has 0 aromatic carbocycles. The Bertz CT molecular complexity index is 215. The summed E-state index contributed by atoms with van der Waals surface area (Å²) in [6.07, 6.45) is 9.93. The fourth-order valence-electron chi connectivity index (χ4n) is 3.33. The van der Waals surface area contributed by atoms with Gasteiger partial charge >= 0.3 is 0 Å². The molecule has 2 heteroatoms. The molecule has 2 aliphatic rings. The molecule has 0 heterocycles. The molecule has 2 saturated carbocycles. The van der Waals surface area contributed by atoms with E-state index in [1.165, 1.54) is 51.5 Å². The summed E-state index contributed by atoms with van der Waals surface area (Å²) in [5, 5.41) is 0. The highest BCUT2D eigenvalue weighted by Crippen LogP contribution is 2.38. The first kappa shape index (κ1) is 12.4. The van der Waals surface area contributed by atoms with Gasteiger partial charge in [0.15, 0.2) is 0 Å². The van der Waals surface area contributed by atoms with Crippen molar-refractivity contribution in [1.29, 1.82) is 0 Å². The summed E-state index contributed by atoms with van der Waals surface area (Å²) in [4.78, 5) is 2.48. The molecule has 0 aliphatic heterocycles. The van der Waals surface area contributed by atoms with Gasteiger partial charge in [0.05, 0.1) is 0 Å². The number of nitrogens with zero attached hydrogens (tertiary/aromatic N) is 1. The molecule has 94 valence electrons. The molecule has 2 fully saturated rings. The monoisotopic (exact) mass is 224 g/mol. The van der Waals surface area contributed by atoms with Crippen LogP contribution in [0.4, 0.5) is 0 Å². The lowest BCUT2D eigenvalue weighted by molar-refractivity contribution is 0.188. The fourth-order valence-corrected chi connectivity index (χ4v) is 3.33. The zero-order valence-corrected chi connectivity index (χ0v) is 11.0. The third kappa shape index (κ3) is 3.46. The molecular formula is C14H28N2. The van der Waals surface area contributed by atoms with Crippen LogP contribution in [0.2, 0.25) is 0 Å². The summed E-state index contributed by atoms with van der Waals surface area (Å²) in [5.74, 6) is 1.73. The normalized spacial score (nSPS) is 27.0. The van der Waals surface area contributed by atoms with Gasteiger partial charge < -0.3 is 10.6 Å². The quantitative estimate of drug-likeness (QED) is 0.778. The summed E-state index contributed by atoms with van der Waals surface area (Å²) < 4.78 is 0. The summed E-state index contributed by atoms with van der Waals surface area (Å²) in [5.41, 5.74) is 6.45. The molecule has 0 spiro atoms. The van der Waals surface area contributed by atoms with Crippen molar-refractivity contribution in [2.75, 3.05) is 20.1 Å². The minimum Gasteiger partial charge on any atom is -0.324 e. The van der Waals surface area contributed by atoms with Crippen LogP contribution in [0.15, 0.2) is 0 Å². The third-order valence-corrected chi connectivity index (χ3v) is 4.42. The molecule has 2 N–H and O–H groups in total. The Morgan fingerprint density at radius 2 is 1.75 bits per heavy atom. The minimum absolute atomic E-state index is 0.0589. The highest BCUT2D eigenvalue weighted by Gasteiger charge is 2.39. The first-order valence-corrected chi connectivity index (χ1v) is 7.05. The highest BCUT2D eigenvalue weighted by molar-refractivity contribution is 4.97. The zero-order chi connectivity index (χ0) is 11.6. The van der Waals surface area contributed by atoms with Crippen LogP contribution in [0.3, 0.4) is 0 Å². The van der Waals surface area contributed by atoms with Crippen molar-refractivity contribution >= 4 is 0 Å². The SMILES string of the molecule is CN(CC1CCCCC1)CC(C)(N)C1CC1. The van der Waals surface area contributed by atoms with Gasteiger partial charge in [0.25, 0.3) is 0 Å². The standard InChI is InChI=1S/C14H28N2/c1-14(15,13-8-9-13)11-16(2)10-12-6-4-3-5-7-12/h12-13H,3-11,15H2,1-2H3. The highest BCUT2D eigenvalue weighted by atomic mass is 15.1. The Hall–Kier alpha value is -0.0800. The Labute approximate surface area is 101 Å². The van der Waals surface area contributed by atoms with Gasteiger partial charge in [0.2, 0.25) is 0 Å². The Kier molecular flexibility index (Phi) is 3.91. The average molecular weight is 224 g/mol. The molecule has 1 atom stereocenters. The zero-order valence-electron chi connectivity index (χ0n) is 11.0. The number of hydrogen-bond donors (Lipinski definition) is 1. The van der Waals surface area contributed by atoms with E-state index < -0.39 is 0 Å². The van der Waals surface area contributed by atoms with Crippen LogP contribution in [0.25, 0.3) is 0 Å². The van der Waals surface area contributed by atoms with Crippen molar-refractivity contribution in [3.63, 3.8) is 0 Å². The lowest BCUT2D eigenvalue weighted by Gasteiger charge is -2.33. The number of likely N-dealkylation sites (N-methyl/N-ethyl adjacent to an activating group) is 1. The molecule has 0 bridgehead atoms. The van der Waals surface area contributed by atoms with E-state index in [2.05, 4.69) is 18.9 Å². The molecular weight excluding hydrogens is 196 g/mol. The van der Waals surface area contributed by atoms with E-state index >= 15 is 0 Å². The van der Waals surface area contributed by atoms with Crippen LogP contribution in [-0.2, 0) is 0 Å². The minimum atomic E-state index is 0.0589. The number of hydrogen-bond acceptors (Lipinski definition) is 2. The van der Waals surface area contributed by atoms with Gasteiger partial charge in [0, 0.05) is 18.6 Å². The second-order valence-electron chi connectivity index (χ2n) is 6.48. The van der Waals surface area contributed by atoms with Crippen LogP contribution in [0.1, 0.15) is 51.9 Å². The summed E-state index contributed by atoms with van der Waals surface area (Å²) in [6, 6.07) is 0. The number of nitrogens with two attached hydrogens (primary N) is 1. The van der Waals surface area contributed by atoms with Crippen molar-refractivity contribution in [2.24, 2.45) is 17.6 Å². The van der Waals surface area contributed by atoms with Gasteiger partial charge in [-0.15, -0.1) is 0 Å². The molecule has 0 aromatic rings. The molecule has 16 heavy (non-hydrogen) atoms. The van der Waals surface area contributed by atoms with E-state index in [-0.39, 0.29) is 5.54 Å². The molecule has 0 radical (unpaired) electrons. The summed E-state index contributed by atoms with van der Waals surface area (Å²) in [7, 11) is 2.25. The second kappa shape index (κ2) is 5.05. The van der Waals surface area contributed by atoms with Crippen molar-refractivity contribution < 1.29 is 0 Å². The Morgan fingerprint density at radius 3 is 2.31 bits per heavy atom. The van der Waals surface area contributed by atoms with Gasteiger partial charge in [-0.3, -0.25) is 0 Å². The smallest absolute Gasteiger partial charge is 0.0283 e. The maximum atomic E-state index is 6.39. The third-order valence-electron chi connectivity index (χ3n) is 4.42. The Balaban J connectivity index is 1.72. The van der Waals surface area contributed by atoms with Gasteiger partial charge in [0.1, 0.15) is 0 Å².